The Morgan fingerprint density at radius 1 is 1.12 bits per heavy atom. The summed E-state index contributed by atoms with van der Waals surface area (Å²) in [4.78, 5) is 8.25. The fourth-order valence-electron chi connectivity index (χ4n) is 3.35. The molecule has 3 aromatic rings. The maximum Gasteiger partial charge on any atom is 0.282 e. The van der Waals surface area contributed by atoms with Crippen LogP contribution in [-0.2, 0) is 6.54 Å². The van der Waals surface area contributed by atoms with Crippen LogP contribution in [0.4, 0.5) is 10.1 Å². The Hall–Kier alpha value is -2.73. The van der Waals surface area contributed by atoms with E-state index in [1.54, 1.807) is 0 Å². The van der Waals surface area contributed by atoms with Crippen molar-refractivity contribution in [3.63, 3.8) is 0 Å². The van der Waals surface area contributed by atoms with E-state index < -0.39 is 0 Å². The SMILES string of the molecule is Cc1cccc(-c2noc(C[NH+]3CCN(c4ccc(F)cc4)CC3)n2)c1. The first-order valence-corrected chi connectivity index (χ1v) is 8.91. The molecule has 6 heteroatoms. The van der Waals surface area contributed by atoms with E-state index in [2.05, 4.69) is 34.1 Å². The lowest BCUT2D eigenvalue weighted by Gasteiger charge is -2.33. The van der Waals surface area contributed by atoms with Gasteiger partial charge in [0.05, 0.1) is 26.2 Å². The number of rotatable bonds is 4. The van der Waals surface area contributed by atoms with Crippen molar-refractivity contribution in [2.45, 2.75) is 13.5 Å². The van der Waals surface area contributed by atoms with Gasteiger partial charge in [0.15, 0.2) is 6.54 Å². The third-order valence-electron chi connectivity index (χ3n) is 4.81. The Morgan fingerprint density at radius 2 is 1.88 bits per heavy atom. The van der Waals surface area contributed by atoms with Crippen LogP contribution in [-0.4, -0.2) is 36.3 Å². The van der Waals surface area contributed by atoms with Gasteiger partial charge in [-0.15, -0.1) is 0 Å². The second-order valence-electron chi connectivity index (χ2n) is 6.77. The smallest absolute Gasteiger partial charge is 0.282 e. The number of hydrogen-bond donors (Lipinski definition) is 1. The van der Waals surface area contributed by atoms with Crippen LogP contribution in [0.5, 0.6) is 0 Å². The number of aryl methyl sites for hydroxylation is 1. The molecule has 134 valence electrons. The highest BCUT2D eigenvalue weighted by molar-refractivity contribution is 5.55. The molecular formula is C20H22FN4O+. The van der Waals surface area contributed by atoms with E-state index >= 15 is 0 Å². The first-order chi connectivity index (χ1) is 12.7. The standard InChI is InChI=1S/C20H21FN4O/c1-15-3-2-4-16(13-15)20-22-19(26-23-20)14-24-9-11-25(12-10-24)18-7-5-17(21)6-8-18/h2-8,13H,9-12,14H2,1H3/p+1. The number of piperazine rings is 1. The molecule has 0 spiro atoms. The highest BCUT2D eigenvalue weighted by Gasteiger charge is 2.22. The number of nitrogens with one attached hydrogen (secondary N) is 1. The number of anilines is 1. The Morgan fingerprint density at radius 3 is 2.62 bits per heavy atom. The highest BCUT2D eigenvalue weighted by atomic mass is 19.1. The Balaban J connectivity index is 1.35. The van der Waals surface area contributed by atoms with E-state index in [1.807, 2.05) is 24.3 Å². The van der Waals surface area contributed by atoms with Crippen LogP contribution in [0.1, 0.15) is 11.5 Å². The topological polar surface area (TPSA) is 46.6 Å². The van der Waals surface area contributed by atoms with Gasteiger partial charge in [-0.25, -0.2) is 4.39 Å². The van der Waals surface area contributed by atoms with Crippen LogP contribution < -0.4 is 9.80 Å². The highest BCUT2D eigenvalue weighted by Crippen LogP contribution is 2.17. The summed E-state index contributed by atoms with van der Waals surface area (Å²) in [5, 5.41) is 4.12. The van der Waals surface area contributed by atoms with E-state index in [0.717, 1.165) is 44.0 Å². The predicted molar refractivity (Wildman–Crippen MR) is 97.5 cm³/mol. The molecule has 1 aromatic heterocycles. The molecule has 1 N–H and O–H groups in total. The molecule has 0 bridgehead atoms. The number of halogens is 1. The minimum absolute atomic E-state index is 0.196. The normalized spacial score (nSPS) is 15.4. The molecule has 1 aliphatic heterocycles. The van der Waals surface area contributed by atoms with E-state index in [9.17, 15) is 4.39 Å². The second kappa shape index (κ2) is 7.25. The summed E-state index contributed by atoms with van der Waals surface area (Å²) >= 11 is 0. The Labute approximate surface area is 152 Å². The maximum atomic E-state index is 13.1. The van der Waals surface area contributed by atoms with Crippen molar-refractivity contribution in [1.82, 2.24) is 10.1 Å². The largest absolute Gasteiger partial charge is 0.360 e. The third kappa shape index (κ3) is 3.75. The van der Waals surface area contributed by atoms with Crippen molar-refractivity contribution in [3.8, 4) is 11.4 Å². The van der Waals surface area contributed by atoms with Crippen molar-refractivity contribution >= 4 is 5.69 Å². The average Bonchev–Trinajstić information content (AvgIpc) is 3.12. The zero-order chi connectivity index (χ0) is 17.9. The number of hydrogen-bond acceptors (Lipinski definition) is 4. The first-order valence-electron chi connectivity index (χ1n) is 8.91. The molecule has 1 fully saturated rings. The van der Waals surface area contributed by atoms with Gasteiger partial charge < -0.3 is 14.3 Å². The Bertz CT molecular complexity index is 870. The summed E-state index contributed by atoms with van der Waals surface area (Å²) in [7, 11) is 0. The molecule has 2 heterocycles. The van der Waals surface area contributed by atoms with Crippen molar-refractivity contribution in [3.05, 3.63) is 65.8 Å². The predicted octanol–water partition coefficient (Wildman–Crippen LogP) is 2.09. The van der Waals surface area contributed by atoms with Crippen molar-refractivity contribution in [2.75, 3.05) is 31.1 Å². The summed E-state index contributed by atoms with van der Waals surface area (Å²) in [6.45, 7) is 6.62. The molecule has 0 saturated carbocycles. The molecule has 1 aliphatic rings. The van der Waals surface area contributed by atoms with Crippen LogP contribution in [0, 0.1) is 12.7 Å². The number of quaternary nitrogens is 1. The minimum Gasteiger partial charge on any atom is -0.360 e. The molecule has 0 amide bonds. The van der Waals surface area contributed by atoms with Crippen LogP contribution in [0.25, 0.3) is 11.4 Å². The van der Waals surface area contributed by atoms with E-state index in [1.165, 1.54) is 22.6 Å². The molecular weight excluding hydrogens is 331 g/mol. The van der Waals surface area contributed by atoms with Crippen LogP contribution in [0.2, 0.25) is 0 Å². The van der Waals surface area contributed by atoms with Gasteiger partial charge in [0, 0.05) is 11.3 Å². The van der Waals surface area contributed by atoms with E-state index in [4.69, 9.17) is 4.52 Å². The van der Waals surface area contributed by atoms with Gasteiger partial charge in [-0.05, 0) is 37.3 Å². The second-order valence-corrected chi connectivity index (χ2v) is 6.77. The fourth-order valence-corrected chi connectivity index (χ4v) is 3.35. The summed E-state index contributed by atoms with van der Waals surface area (Å²) in [6.07, 6.45) is 0. The lowest BCUT2D eigenvalue weighted by molar-refractivity contribution is -0.915. The zero-order valence-corrected chi connectivity index (χ0v) is 14.8. The van der Waals surface area contributed by atoms with Crippen molar-refractivity contribution in [1.29, 1.82) is 0 Å². The fraction of sp³-hybridized carbons (Fsp3) is 0.300. The van der Waals surface area contributed by atoms with Crippen molar-refractivity contribution < 1.29 is 13.8 Å². The molecule has 2 aromatic carbocycles. The van der Waals surface area contributed by atoms with Gasteiger partial charge in [0.25, 0.3) is 5.89 Å². The first kappa shape index (κ1) is 16.7. The molecule has 0 atom stereocenters. The number of benzene rings is 2. The van der Waals surface area contributed by atoms with Crippen LogP contribution >= 0.6 is 0 Å². The quantitative estimate of drug-likeness (QED) is 0.780. The van der Waals surface area contributed by atoms with Crippen molar-refractivity contribution in [2.24, 2.45) is 0 Å². The van der Waals surface area contributed by atoms with E-state index in [-0.39, 0.29) is 5.82 Å². The van der Waals surface area contributed by atoms with Gasteiger partial charge >= 0.3 is 0 Å². The molecule has 0 aliphatic carbocycles. The van der Waals surface area contributed by atoms with Gasteiger partial charge in [-0.3, -0.25) is 0 Å². The van der Waals surface area contributed by atoms with Crippen LogP contribution in [0.15, 0.2) is 53.1 Å². The monoisotopic (exact) mass is 353 g/mol. The molecule has 4 rings (SSSR count). The number of nitrogens with zero attached hydrogens (tertiary/aromatic N) is 3. The maximum absolute atomic E-state index is 13.1. The lowest BCUT2D eigenvalue weighted by Crippen LogP contribution is -3.13. The summed E-state index contributed by atoms with van der Waals surface area (Å²) in [6, 6.07) is 14.8. The lowest BCUT2D eigenvalue weighted by atomic mass is 10.1. The zero-order valence-electron chi connectivity index (χ0n) is 14.8. The van der Waals surface area contributed by atoms with Gasteiger partial charge in [0.1, 0.15) is 5.82 Å². The average molecular weight is 353 g/mol. The molecule has 1 saturated heterocycles. The summed E-state index contributed by atoms with van der Waals surface area (Å²) in [5.74, 6) is 1.12. The van der Waals surface area contributed by atoms with Gasteiger partial charge in [-0.1, -0.05) is 28.9 Å². The van der Waals surface area contributed by atoms with Gasteiger partial charge in [-0.2, -0.15) is 4.98 Å². The third-order valence-corrected chi connectivity index (χ3v) is 4.81. The Kier molecular flexibility index (Phi) is 4.67. The summed E-state index contributed by atoms with van der Waals surface area (Å²) < 4.78 is 18.5. The molecule has 0 radical (unpaired) electrons. The molecule has 5 nitrogen and oxygen atoms in total. The molecule has 0 unspecified atom stereocenters. The number of aromatic nitrogens is 2. The summed E-state index contributed by atoms with van der Waals surface area (Å²) in [5.41, 5.74) is 3.23. The molecule has 26 heavy (non-hydrogen) atoms. The minimum atomic E-state index is -0.196. The van der Waals surface area contributed by atoms with Gasteiger partial charge in [0.2, 0.25) is 5.82 Å². The van der Waals surface area contributed by atoms with Crippen LogP contribution in [0.3, 0.4) is 0 Å². The van der Waals surface area contributed by atoms with E-state index in [0.29, 0.717) is 11.7 Å².